The van der Waals surface area contributed by atoms with E-state index >= 15 is 0 Å². The molecule has 82 valence electrons. The van der Waals surface area contributed by atoms with Gasteiger partial charge in [-0.15, -0.1) is 0 Å². The fourth-order valence-electron chi connectivity index (χ4n) is 1.60. The Kier molecular flexibility index (Phi) is 4.94. The van der Waals surface area contributed by atoms with Gasteiger partial charge in [-0.25, -0.2) is 0 Å². The Bertz CT molecular complexity index is 182. The highest BCUT2D eigenvalue weighted by molar-refractivity contribution is 5.75. The van der Waals surface area contributed by atoms with Gasteiger partial charge in [-0.1, -0.05) is 13.3 Å². The molecule has 1 rings (SSSR count). The van der Waals surface area contributed by atoms with Gasteiger partial charge in [0.25, 0.3) is 0 Å². The first-order valence-electron chi connectivity index (χ1n) is 5.66. The maximum atomic E-state index is 11.3. The van der Waals surface area contributed by atoms with Gasteiger partial charge in [0.2, 0.25) is 0 Å². The number of unbranched alkanes of at least 4 members (excludes halogenated alkanes) is 1. The number of rotatable bonds is 7. The van der Waals surface area contributed by atoms with Gasteiger partial charge in [0.15, 0.2) is 0 Å². The third kappa shape index (κ3) is 3.66. The molecule has 0 saturated heterocycles. The van der Waals surface area contributed by atoms with Crippen LogP contribution in [0.15, 0.2) is 0 Å². The van der Waals surface area contributed by atoms with E-state index in [0.29, 0.717) is 12.5 Å². The van der Waals surface area contributed by atoms with Gasteiger partial charge >= 0.3 is 5.97 Å². The van der Waals surface area contributed by atoms with Gasteiger partial charge in [0.05, 0.1) is 12.5 Å². The molecule has 1 saturated carbocycles. The predicted octanol–water partition coefficient (Wildman–Crippen LogP) is 1.58. The molecule has 0 bridgehead atoms. The van der Waals surface area contributed by atoms with E-state index in [0.717, 1.165) is 19.5 Å². The minimum absolute atomic E-state index is 0.00482. The van der Waals surface area contributed by atoms with Crippen LogP contribution in [0.2, 0.25) is 0 Å². The van der Waals surface area contributed by atoms with Crippen LogP contribution >= 0.6 is 0 Å². The molecule has 3 nitrogen and oxygen atoms in total. The molecule has 1 fully saturated rings. The van der Waals surface area contributed by atoms with Crippen molar-refractivity contribution in [2.45, 2.75) is 33.1 Å². The Balaban J connectivity index is 1.99. The molecule has 14 heavy (non-hydrogen) atoms. The average molecular weight is 199 g/mol. The topological polar surface area (TPSA) is 38.3 Å². The smallest absolute Gasteiger partial charge is 0.309 e. The zero-order chi connectivity index (χ0) is 10.4. The van der Waals surface area contributed by atoms with Crippen molar-refractivity contribution in [1.82, 2.24) is 5.32 Å². The van der Waals surface area contributed by atoms with Crippen LogP contribution in [0.4, 0.5) is 0 Å². The van der Waals surface area contributed by atoms with E-state index in [2.05, 4.69) is 12.2 Å². The third-order valence-electron chi connectivity index (χ3n) is 2.63. The van der Waals surface area contributed by atoms with Crippen LogP contribution in [0.5, 0.6) is 0 Å². The lowest BCUT2D eigenvalue weighted by Crippen LogP contribution is -2.20. The first kappa shape index (κ1) is 11.5. The zero-order valence-corrected chi connectivity index (χ0v) is 9.21. The average Bonchev–Trinajstić information content (AvgIpc) is 2.92. The van der Waals surface area contributed by atoms with E-state index in [1.807, 2.05) is 6.92 Å². The molecule has 0 aliphatic heterocycles. The first-order valence-corrected chi connectivity index (χ1v) is 5.66. The van der Waals surface area contributed by atoms with Gasteiger partial charge in [0.1, 0.15) is 0 Å². The SMILES string of the molecule is CCCCNCC1CC1C(=O)OCC. The second-order valence-electron chi connectivity index (χ2n) is 3.91. The van der Waals surface area contributed by atoms with Gasteiger partial charge in [-0.05, 0) is 38.8 Å². The molecule has 0 heterocycles. The van der Waals surface area contributed by atoms with Crippen molar-refractivity contribution in [2.24, 2.45) is 11.8 Å². The van der Waals surface area contributed by atoms with Crippen LogP contribution in [0.1, 0.15) is 33.1 Å². The highest BCUT2D eigenvalue weighted by Gasteiger charge is 2.43. The van der Waals surface area contributed by atoms with Crippen molar-refractivity contribution in [3.05, 3.63) is 0 Å². The minimum Gasteiger partial charge on any atom is -0.466 e. The number of ether oxygens (including phenoxy) is 1. The van der Waals surface area contributed by atoms with E-state index in [1.54, 1.807) is 0 Å². The van der Waals surface area contributed by atoms with E-state index in [-0.39, 0.29) is 11.9 Å². The van der Waals surface area contributed by atoms with Crippen molar-refractivity contribution in [2.75, 3.05) is 19.7 Å². The molecule has 1 N–H and O–H groups in total. The zero-order valence-electron chi connectivity index (χ0n) is 9.21. The molecule has 0 spiro atoms. The summed E-state index contributed by atoms with van der Waals surface area (Å²) in [5.41, 5.74) is 0. The fraction of sp³-hybridized carbons (Fsp3) is 0.909. The highest BCUT2D eigenvalue weighted by atomic mass is 16.5. The molecule has 2 unspecified atom stereocenters. The van der Waals surface area contributed by atoms with Crippen LogP contribution in [0, 0.1) is 11.8 Å². The van der Waals surface area contributed by atoms with Crippen LogP contribution < -0.4 is 5.32 Å². The Morgan fingerprint density at radius 1 is 1.50 bits per heavy atom. The Morgan fingerprint density at radius 2 is 2.29 bits per heavy atom. The van der Waals surface area contributed by atoms with Gasteiger partial charge in [-0.3, -0.25) is 4.79 Å². The fourth-order valence-corrected chi connectivity index (χ4v) is 1.60. The molecule has 1 aliphatic carbocycles. The summed E-state index contributed by atoms with van der Waals surface area (Å²) in [4.78, 5) is 11.3. The summed E-state index contributed by atoms with van der Waals surface area (Å²) in [6.07, 6.45) is 3.45. The summed E-state index contributed by atoms with van der Waals surface area (Å²) >= 11 is 0. The molecular weight excluding hydrogens is 178 g/mol. The van der Waals surface area contributed by atoms with E-state index in [1.165, 1.54) is 12.8 Å². The highest BCUT2D eigenvalue weighted by Crippen LogP contribution is 2.38. The Labute approximate surface area is 86.2 Å². The van der Waals surface area contributed by atoms with E-state index < -0.39 is 0 Å². The van der Waals surface area contributed by atoms with Gasteiger partial charge in [-0.2, -0.15) is 0 Å². The summed E-state index contributed by atoms with van der Waals surface area (Å²) in [6, 6.07) is 0. The van der Waals surface area contributed by atoms with Crippen LogP contribution in [0.25, 0.3) is 0 Å². The molecule has 3 heteroatoms. The summed E-state index contributed by atoms with van der Waals surface area (Å²) in [6.45, 7) is 6.59. The van der Waals surface area contributed by atoms with Crippen LogP contribution in [-0.2, 0) is 9.53 Å². The number of carbonyl (C=O) groups excluding carboxylic acids is 1. The normalized spacial score (nSPS) is 24.7. The largest absolute Gasteiger partial charge is 0.466 e. The standard InChI is InChI=1S/C11H21NO2/c1-3-5-6-12-8-9-7-10(9)11(13)14-4-2/h9-10,12H,3-8H2,1-2H3. The Hall–Kier alpha value is -0.570. The molecule has 0 aromatic heterocycles. The number of esters is 1. The minimum atomic E-state index is -0.00482. The van der Waals surface area contributed by atoms with Crippen LogP contribution in [0.3, 0.4) is 0 Å². The van der Waals surface area contributed by atoms with Gasteiger partial charge in [0, 0.05) is 0 Å². The summed E-state index contributed by atoms with van der Waals surface area (Å²) in [5.74, 6) is 0.713. The maximum absolute atomic E-state index is 11.3. The number of carbonyl (C=O) groups is 1. The van der Waals surface area contributed by atoms with Crippen molar-refractivity contribution >= 4 is 5.97 Å². The predicted molar refractivity (Wildman–Crippen MR) is 56.0 cm³/mol. The summed E-state index contributed by atoms with van der Waals surface area (Å²) in [5, 5.41) is 3.37. The van der Waals surface area contributed by atoms with Gasteiger partial charge < -0.3 is 10.1 Å². The molecule has 0 radical (unpaired) electrons. The monoisotopic (exact) mass is 199 g/mol. The molecule has 0 aromatic carbocycles. The Morgan fingerprint density at radius 3 is 2.93 bits per heavy atom. The summed E-state index contributed by atoms with van der Waals surface area (Å²) < 4.78 is 4.96. The van der Waals surface area contributed by atoms with Crippen molar-refractivity contribution in [1.29, 1.82) is 0 Å². The van der Waals surface area contributed by atoms with E-state index in [9.17, 15) is 4.79 Å². The molecule has 0 aromatic rings. The second-order valence-corrected chi connectivity index (χ2v) is 3.91. The van der Waals surface area contributed by atoms with Crippen molar-refractivity contribution < 1.29 is 9.53 Å². The quantitative estimate of drug-likeness (QED) is 0.499. The van der Waals surface area contributed by atoms with Crippen molar-refractivity contribution in [3.8, 4) is 0 Å². The number of hydrogen-bond donors (Lipinski definition) is 1. The molecule has 0 amide bonds. The lowest BCUT2D eigenvalue weighted by Gasteiger charge is -2.03. The molecule has 1 aliphatic rings. The lowest BCUT2D eigenvalue weighted by molar-refractivity contribution is -0.145. The maximum Gasteiger partial charge on any atom is 0.309 e. The third-order valence-corrected chi connectivity index (χ3v) is 2.63. The molecule has 2 atom stereocenters. The number of hydrogen-bond acceptors (Lipinski definition) is 3. The van der Waals surface area contributed by atoms with Crippen LogP contribution in [-0.4, -0.2) is 25.7 Å². The molecular formula is C11H21NO2. The van der Waals surface area contributed by atoms with E-state index in [4.69, 9.17) is 4.74 Å². The van der Waals surface area contributed by atoms with Crippen molar-refractivity contribution in [3.63, 3.8) is 0 Å². The number of nitrogens with one attached hydrogen (secondary N) is 1. The lowest BCUT2D eigenvalue weighted by atomic mass is 10.3. The first-order chi connectivity index (χ1) is 6.79. The second kappa shape index (κ2) is 6.02. The summed E-state index contributed by atoms with van der Waals surface area (Å²) in [7, 11) is 0.